The van der Waals surface area contributed by atoms with E-state index in [4.69, 9.17) is 4.74 Å². The van der Waals surface area contributed by atoms with Crippen molar-refractivity contribution in [3.63, 3.8) is 0 Å². The summed E-state index contributed by atoms with van der Waals surface area (Å²) in [5, 5.41) is 0. The molecule has 3 nitrogen and oxygen atoms in total. The van der Waals surface area contributed by atoms with Crippen LogP contribution in [0.2, 0.25) is 0 Å². The lowest BCUT2D eigenvalue weighted by Crippen LogP contribution is -2.36. The molecule has 0 aliphatic carbocycles. The van der Waals surface area contributed by atoms with Gasteiger partial charge in [-0.2, -0.15) is 0 Å². The molecule has 0 rings (SSSR count). The second-order valence-electron chi connectivity index (χ2n) is 6.72. The molecule has 0 radical (unpaired) electrons. The normalized spacial score (nSPS) is 15.6. The monoisotopic (exact) mass is 261 g/mol. The average molecular weight is 261 g/mol. The van der Waals surface area contributed by atoms with Crippen LogP contribution in [0.1, 0.15) is 40.5 Å². The second kappa shape index (κ2) is 7.07. The minimum Gasteiger partial charge on any atom is -0.465 e. The molecular weight excluding hydrogens is 233 g/mol. The number of nitrogens with zero attached hydrogens (tertiary/aromatic N) is 1. The summed E-state index contributed by atoms with van der Waals surface area (Å²) in [6.45, 7) is 8.19. The molecule has 0 heterocycles. The van der Waals surface area contributed by atoms with E-state index in [0.29, 0.717) is 13.0 Å². The fraction of sp³-hybridized carbons (Fsp3) is 0.929. The predicted octanol–water partition coefficient (Wildman–Crippen LogP) is 2.89. The van der Waals surface area contributed by atoms with Gasteiger partial charge in [-0.25, -0.2) is 4.39 Å². The van der Waals surface area contributed by atoms with Crippen molar-refractivity contribution in [1.82, 2.24) is 4.90 Å². The van der Waals surface area contributed by atoms with Crippen molar-refractivity contribution in [2.24, 2.45) is 10.8 Å². The van der Waals surface area contributed by atoms with Gasteiger partial charge in [0.05, 0.1) is 12.0 Å². The first-order valence-corrected chi connectivity index (χ1v) is 6.49. The number of rotatable bonds is 7. The smallest absolute Gasteiger partial charge is 0.314 e. The van der Waals surface area contributed by atoms with Gasteiger partial charge in [0.1, 0.15) is 6.67 Å². The number of hydrogen-bond donors (Lipinski definition) is 0. The van der Waals surface area contributed by atoms with Gasteiger partial charge in [0.2, 0.25) is 0 Å². The van der Waals surface area contributed by atoms with Gasteiger partial charge < -0.3 is 9.64 Å². The molecule has 0 saturated heterocycles. The van der Waals surface area contributed by atoms with Gasteiger partial charge in [-0.1, -0.05) is 20.8 Å². The van der Waals surface area contributed by atoms with Crippen LogP contribution < -0.4 is 0 Å². The third-order valence-corrected chi connectivity index (χ3v) is 2.69. The third-order valence-electron chi connectivity index (χ3n) is 2.69. The van der Waals surface area contributed by atoms with Gasteiger partial charge in [0.15, 0.2) is 0 Å². The molecule has 0 aromatic heterocycles. The molecule has 0 bridgehead atoms. The lowest BCUT2D eigenvalue weighted by atomic mass is 9.76. The number of carbonyl (C=O) groups excluding carboxylic acids is 1. The Morgan fingerprint density at radius 3 is 2.17 bits per heavy atom. The zero-order valence-electron chi connectivity index (χ0n) is 12.7. The Morgan fingerprint density at radius 2 is 1.78 bits per heavy atom. The molecule has 0 saturated carbocycles. The van der Waals surface area contributed by atoms with E-state index in [2.05, 4.69) is 0 Å². The predicted molar refractivity (Wildman–Crippen MR) is 72.3 cm³/mol. The maximum atomic E-state index is 13.2. The van der Waals surface area contributed by atoms with Gasteiger partial charge in [0, 0.05) is 6.54 Å². The first-order chi connectivity index (χ1) is 8.10. The molecule has 0 amide bonds. The molecule has 0 fully saturated rings. The SMILES string of the molecule is CN(C)CCCOC(=O)C(C)(CF)CC(C)(C)C. The fourth-order valence-corrected chi connectivity index (χ4v) is 2.06. The van der Waals surface area contributed by atoms with Crippen molar-refractivity contribution in [2.45, 2.75) is 40.5 Å². The van der Waals surface area contributed by atoms with E-state index in [-0.39, 0.29) is 5.41 Å². The Bertz CT molecular complexity index is 261. The Labute approximate surface area is 111 Å². The molecule has 0 aliphatic rings. The molecule has 18 heavy (non-hydrogen) atoms. The Morgan fingerprint density at radius 1 is 1.22 bits per heavy atom. The molecule has 4 heteroatoms. The van der Waals surface area contributed by atoms with Gasteiger partial charge in [-0.3, -0.25) is 4.79 Å². The van der Waals surface area contributed by atoms with Crippen molar-refractivity contribution in [3.05, 3.63) is 0 Å². The van der Waals surface area contributed by atoms with E-state index in [9.17, 15) is 9.18 Å². The highest BCUT2D eigenvalue weighted by Crippen LogP contribution is 2.35. The van der Waals surface area contributed by atoms with E-state index in [1.165, 1.54) is 0 Å². The Kier molecular flexibility index (Phi) is 6.82. The van der Waals surface area contributed by atoms with Crippen LogP contribution in [0.15, 0.2) is 0 Å². The zero-order valence-corrected chi connectivity index (χ0v) is 12.7. The van der Waals surface area contributed by atoms with E-state index in [1.54, 1.807) is 6.92 Å². The van der Waals surface area contributed by atoms with Crippen molar-refractivity contribution in [1.29, 1.82) is 0 Å². The molecule has 1 atom stereocenters. The van der Waals surface area contributed by atoms with Crippen LogP contribution in [0, 0.1) is 10.8 Å². The maximum Gasteiger partial charge on any atom is 0.314 e. The van der Waals surface area contributed by atoms with Crippen LogP contribution in [-0.4, -0.2) is 44.8 Å². The molecule has 0 aliphatic heterocycles. The van der Waals surface area contributed by atoms with E-state index in [0.717, 1.165) is 13.0 Å². The highest BCUT2D eigenvalue weighted by Gasteiger charge is 2.38. The first kappa shape index (κ1) is 17.4. The number of carbonyl (C=O) groups is 1. The molecule has 0 N–H and O–H groups in total. The van der Waals surface area contributed by atoms with Crippen molar-refractivity contribution in [3.8, 4) is 0 Å². The van der Waals surface area contributed by atoms with Crippen molar-refractivity contribution in [2.75, 3.05) is 33.9 Å². The maximum absolute atomic E-state index is 13.2. The Balaban J connectivity index is 4.26. The summed E-state index contributed by atoms with van der Waals surface area (Å²) in [5.74, 6) is -0.418. The lowest BCUT2D eigenvalue weighted by molar-refractivity contribution is -0.158. The quantitative estimate of drug-likeness (QED) is 0.521. The fourth-order valence-electron chi connectivity index (χ4n) is 2.06. The summed E-state index contributed by atoms with van der Waals surface area (Å²) >= 11 is 0. The highest BCUT2D eigenvalue weighted by atomic mass is 19.1. The second-order valence-corrected chi connectivity index (χ2v) is 6.72. The average Bonchev–Trinajstić information content (AvgIpc) is 2.21. The van der Waals surface area contributed by atoms with Crippen LogP contribution in [0.4, 0.5) is 4.39 Å². The highest BCUT2D eigenvalue weighted by molar-refractivity contribution is 5.76. The molecule has 0 aromatic carbocycles. The molecular formula is C14H28FNO2. The number of ether oxygens (including phenoxy) is 1. The molecule has 0 spiro atoms. The standard InChI is InChI=1S/C14H28FNO2/c1-13(2,3)10-14(4,11-15)12(17)18-9-7-8-16(5)6/h7-11H2,1-6H3. The van der Waals surface area contributed by atoms with Gasteiger partial charge in [0.25, 0.3) is 0 Å². The first-order valence-electron chi connectivity index (χ1n) is 6.49. The summed E-state index contributed by atoms with van der Waals surface area (Å²) in [7, 11) is 3.93. The lowest BCUT2D eigenvalue weighted by Gasteiger charge is -2.31. The van der Waals surface area contributed by atoms with Gasteiger partial charge >= 0.3 is 5.97 Å². The number of alkyl halides is 1. The molecule has 1 unspecified atom stereocenters. The topological polar surface area (TPSA) is 29.5 Å². The van der Waals surface area contributed by atoms with Gasteiger partial charge in [-0.15, -0.1) is 0 Å². The zero-order chi connectivity index (χ0) is 14.4. The van der Waals surface area contributed by atoms with Crippen LogP contribution in [0.5, 0.6) is 0 Å². The van der Waals surface area contributed by atoms with Crippen molar-refractivity contribution < 1.29 is 13.9 Å². The third kappa shape index (κ3) is 6.94. The van der Waals surface area contributed by atoms with Crippen molar-refractivity contribution >= 4 is 5.97 Å². The minimum atomic E-state index is -1.02. The summed E-state index contributed by atoms with van der Waals surface area (Å²) in [5.41, 5.74) is -1.11. The molecule has 108 valence electrons. The summed E-state index contributed by atoms with van der Waals surface area (Å²) in [6, 6.07) is 0. The van der Waals surface area contributed by atoms with E-state index >= 15 is 0 Å². The largest absolute Gasteiger partial charge is 0.465 e. The van der Waals surface area contributed by atoms with Crippen LogP contribution >= 0.6 is 0 Å². The summed E-state index contributed by atoms with van der Waals surface area (Å²) < 4.78 is 18.3. The molecule has 0 aromatic rings. The summed E-state index contributed by atoms with van der Waals surface area (Å²) in [4.78, 5) is 14.0. The van der Waals surface area contributed by atoms with E-state index < -0.39 is 18.1 Å². The van der Waals surface area contributed by atoms with E-state index in [1.807, 2.05) is 39.8 Å². The number of esters is 1. The van der Waals surface area contributed by atoms with Crippen LogP contribution in [0.25, 0.3) is 0 Å². The van der Waals surface area contributed by atoms with Gasteiger partial charge in [-0.05, 0) is 39.3 Å². The van der Waals surface area contributed by atoms with Crippen LogP contribution in [0.3, 0.4) is 0 Å². The number of halogens is 1. The number of hydrogen-bond acceptors (Lipinski definition) is 3. The minimum absolute atomic E-state index is 0.0938. The van der Waals surface area contributed by atoms with Crippen LogP contribution in [-0.2, 0) is 9.53 Å². The Hall–Kier alpha value is -0.640. The summed E-state index contributed by atoms with van der Waals surface area (Å²) in [6.07, 6.45) is 1.26.